The molecule has 0 radical (unpaired) electrons. The molecule has 32 heavy (non-hydrogen) atoms. The molecule has 2 atom stereocenters. The number of para-hydroxylation sites is 1. The summed E-state index contributed by atoms with van der Waals surface area (Å²) in [7, 11) is 3.33. The first-order chi connectivity index (χ1) is 15.7. The van der Waals surface area contributed by atoms with Crippen LogP contribution in [0.15, 0.2) is 72.8 Å². The van der Waals surface area contributed by atoms with Crippen LogP contribution < -0.4 is 24.4 Å². The van der Waals surface area contributed by atoms with E-state index in [4.69, 9.17) is 18.9 Å². The molecule has 3 aromatic rings. The fraction of sp³-hybridized carbons (Fsp3) is 0.231. The van der Waals surface area contributed by atoms with E-state index in [2.05, 4.69) is 34.7 Å². The van der Waals surface area contributed by atoms with Gasteiger partial charge in [-0.15, -0.1) is 0 Å². The maximum Gasteiger partial charge on any atom is 0.196 e. The zero-order valence-corrected chi connectivity index (χ0v) is 18.4. The topological polar surface area (TPSA) is 52.2 Å². The summed E-state index contributed by atoms with van der Waals surface area (Å²) in [6, 6.07) is 22.1. The zero-order chi connectivity index (χ0) is 22.1. The smallest absolute Gasteiger partial charge is 0.196 e. The van der Waals surface area contributed by atoms with Crippen molar-refractivity contribution in [1.29, 1.82) is 0 Å². The molecule has 0 saturated carbocycles. The van der Waals surface area contributed by atoms with Crippen molar-refractivity contribution in [3.63, 3.8) is 0 Å². The molecule has 5 rings (SSSR count). The number of hydrogen-bond donors (Lipinski definition) is 1. The van der Waals surface area contributed by atoms with Crippen LogP contribution in [0.2, 0.25) is 0 Å². The van der Waals surface area contributed by atoms with Crippen molar-refractivity contribution in [3.8, 4) is 23.0 Å². The van der Waals surface area contributed by atoms with Crippen LogP contribution in [0.25, 0.3) is 5.70 Å². The van der Waals surface area contributed by atoms with Gasteiger partial charge in [0.05, 0.1) is 32.6 Å². The Morgan fingerprint density at radius 1 is 0.906 bits per heavy atom. The first kappa shape index (κ1) is 20.3. The van der Waals surface area contributed by atoms with Gasteiger partial charge < -0.3 is 24.4 Å². The fourth-order valence-electron chi connectivity index (χ4n) is 4.20. The minimum atomic E-state index is -0.342. The SMILES string of the molecule is CCOc1ccc(C2=CC3c4cccc(OC)c4OC(c4ccc(OC)cc4)N3N2)cc1. The third-order valence-corrected chi connectivity index (χ3v) is 5.78. The van der Waals surface area contributed by atoms with Crippen LogP contribution in [-0.4, -0.2) is 25.8 Å². The Labute approximate surface area is 187 Å². The minimum absolute atomic E-state index is 0.0116. The number of hydrogen-bond acceptors (Lipinski definition) is 6. The van der Waals surface area contributed by atoms with E-state index in [1.54, 1.807) is 14.2 Å². The summed E-state index contributed by atoms with van der Waals surface area (Å²) in [6.45, 7) is 2.63. The Hall–Kier alpha value is -3.64. The van der Waals surface area contributed by atoms with Gasteiger partial charge in [-0.1, -0.05) is 24.3 Å². The number of hydrazine groups is 1. The molecular formula is C26H26N2O4. The summed E-state index contributed by atoms with van der Waals surface area (Å²) >= 11 is 0. The van der Waals surface area contributed by atoms with Crippen molar-refractivity contribution in [2.45, 2.75) is 19.2 Å². The van der Waals surface area contributed by atoms with Gasteiger partial charge in [0.2, 0.25) is 0 Å². The lowest BCUT2D eigenvalue weighted by Gasteiger charge is -2.39. The number of nitrogens with zero attached hydrogens (tertiary/aromatic N) is 1. The summed E-state index contributed by atoms with van der Waals surface area (Å²) in [5, 5.41) is 2.13. The van der Waals surface area contributed by atoms with Crippen LogP contribution in [0.5, 0.6) is 23.0 Å². The molecule has 2 aliphatic rings. The molecule has 0 aromatic heterocycles. The minimum Gasteiger partial charge on any atom is -0.497 e. The number of ether oxygens (including phenoxy) is 4. The van der Waals surface area contributed by atoms with E-state index in [-0.39, 0.29) is 12.3 Å². The number of rotatable bonds is 6. The van der Waals surface area contributed by atoms with E-state index in [1.807, 2.05) is 55.5 Å². The first-order valence-corrected chi connectivity index (χ1v) is 10.7. The third kappa shape index (κ3) is 3.52. The Kier molecular flexibility index (Phi) is 5.37. The Morgan fingerprint density at radius 3 is 2.34 bits per heavy atom. The molecule has 2 aliphatic heterocycles. The second-order valence-electron chi connectivity index (χ2n) is 7.62. The van der Waals surface area contributed by atoms with Crippen molar-refractivity contribution in [2.75, 3.05) is 20.8 Å². The summed E-state index contributed by atoms with van der Waals surface area (Å²) in [4.78, 5) is 0. The van der Waals surface area contributed by atoms with Crippen LogP contribution in [0.4, 0.5) is 0 Å². The largest absolute Gasteiger partial charge is 0.497 e. The summed E-state index contributed by atoms with van der Waals surface area (Å²) in [5.41, 5.74) is 7.75. The first-order valence-electron chi connectivity index (χ1n) is 10.7. The highest BCUT2D eigenvalue weighted by Crippen LogP contribution is 2.49. The summed E-state index contributed by atoms with van der Waals surface area (Å²) in [6.07, 6.45) is 1.89. The van der Waals surface area contributed by atoms with Crippen molar-refractivity contribution in [3.05, 3.63) is 89.5 Å². The zero-order valence-electron chi connectivity index (χ0n) is 18.4. The van der Waals surface area contributed by atoms with E-state index in [9.17, 15) is 0 Å². The van der Waals surface area contributed by atoms with Crippen molar-refractivity contribution in [1.82, 2.24) is 10.4 Å². The number of benzene rings is 3. The van der Waals surface area contributed by atoms with Crippen molar-refractivity contribution >= 4 is 5.70 Å². The number of methoxy groups -OCH3 is 2. The predicted octanol–water partition coefficient (Wildman–Crippen LogP) is 5.10. The van der Waals surface area contributed by atoms with Gasteiger partial charge in [-0.25, -0.2) is 0 Å². The van der Waals surface area contributed by atoms with Crippen LogP contribution in [-0.2, 0) is 0 Å². The quantitative estimate of drug-likeness (QED) is 0.588. The fourth-order valence-corrected chi connectivity index (χ4v) is 4.20. The highest BCUT2D eigenvalue weighted by atomic mass is 16.5. The molecule has 0 saturated heterocycles. The molecule has 2 unspecified atom stereocenters. The van der Waals surface area contributed by atoms with E-state index in [0.29, 0.717) is 6.61 Å². The lowest BCUT2D eigenvalue weighted by molar-refractivity contribution is -0.0343. The monoisotopic (exact) mass is 430 g/mol. The highest BCUT2D eigenvalue weighted by Gasteiger charge is 2.41. The highest BCUT2D eigenvalue weighted by molar-refractivity contribution is 5.68. The molecule has 0 spiro atoms. The van der Waals surface area contributed by atoms with E-state index >= 15 is 0 Å². The summed E-state index contributed by atoms with van der Waals surface area (Å²) in [5.74, 6) is 3.16. The van der Waals surface area contributed by atoms with Gasteiger partial charge in [0.1, 0.15) is 11.5 Å². The van der Waals surface area contributed by atoms with Crippen molar-refractivity contribution < 1.29 is 18.9 Å². The maximum absolute atomic E-state index is 6.51. The molecule has 0 aliphatic carbocycles. The van der Waals surface area contributed by atoms with Gasteiger partial charge in [0.25, 0.3) is 0 Å². The van der Waals surface area contributed by atoms with Gasteiger partial charge >= 0.3 is 0 Å². The second-order valence-corrected chi connectivity index (χ2v) is 7.62. The van der Waals surface area contributed by atoms with Crippen LogP contribution in [0, 0.1) is 0 Å². The molecule has 2 heterocycles. The molecule has 164 valence electrons. The molecule has 0 bridgehead atoms. The standard InChI is InChI=1S/C26H26N2O4/c1-4-31-20-14-8-17(9-15-20)22-16-23-21-6-5-7-24(30-3)25(21)32-26(28(23)27-22)18-10-12-19(29-2)13-11-18/h5-16,23,26-27H,4H2,1-3H3. The molecular weight excluding hydrogens is 404 g/mol. The molecule has 0 fully saturated rings. The maximum atomic E-state index is 6.51. The Balaban J connectivity index is 1.54. The van der Waals surface area contributed by atoms with E-state index in [1.165, 1.54) is 0 Å². The van der Waals surface area contributed by atoms with Gasteiger partial charge in [0, 0.05) is 11.1 Å². The van der Waals surface area contributed by atoms with Crippen LogP contribution >= 0.6 is 0 Å². The Morgan fingerprint density at radius 2 is 1.66 bits per heavy atom. The average Bonchev–Trinajstić information content (AvgIpc) is 3.30. The second kappa shape index (κ2) is 8.48. The van der Waals surface area contributed by atoms with Crippen LogP contribution in [0.3, 0.4) is 0 Å². The lowest BCUT2D eigenvalue weighted by Crippen LogP contribution is -2.43. The van der Waals surface area contributed by atoms with Gasteiger partial charge in [0.15, 0.2) is 17.7 Å². The predicted molar refractivity (Wildman–Crippen MR) is 123 cm³/mol. The van der Waals surface area contributed by atoms with Crippen LogP contribution in [0.1, 0.15) is 35.9 Å². The molecule has 3 aromatic carbocycles. The van der Waals surface area contributed by atoms with Gasteiger partial charge in [-0.05, 0) is 61.0 Å². The average molecular weight is 431 g/mol. The number of nitrogens with one attached hydrogen (secondary N) is 1. The lowest BCUT2D eigenvalue weighted by atomic mass is 10.00. The van der Waals surface area contributed by atoms with Gasteiger partial charge in [-0.2, -0.15) is 5.01 Å². The Bertz CT molecular complexity index is 1130. The number of fused-ring (bicyclic) bond motifs is 3. The van der Waals surface area contributed by atoms with E-state index < -0.39 is 0 Å². The molecule has 1 N–H and O–H groups in total. The van der Waals surface area contributed by atoms with Crippen molar-refractivity contribution in [2.24, 2.45) is 0 Å². The molecule has 6 nitrogen and oxygen atoms in total. The normalized spacial score (nSPS) is 19.2. The van der Waals surface area contributed by atoms with Gasteiger partial charge in [-0.3, -0.25) is 0 Å². The molecule has 6 heteroatoms. The third-order valence-electron chi connectivity index (χ3n) is 5.78. The molecule has 0 amide bonds. The van der Waals surface area contributed by atoms with E-state index in [0.717, 1.165) is 45.4 Å². The summed E-state index contributed by atoms with van der Waals surface area (Å²) < 4.78 is 23.0.